The highest BCUT2D eigenvalue weighted by Gasteiger charge is 2.28. The summed E-state index contributed by atoms with van der Waals surface area (Å²) in [5.74, 6) is 0.659. The Bertz CT molecular complexity index is 931. The number of unbranched alkanes of at least 4 members (excludes halogenated alkanes) is 1. The van der Waals surface area contributed by atoms with Crippen molar-refractivity contribution in [3.63, 3.8) is 0 Å². The molecule has 1 aliphatic rings. The Morgan fingerprint density at radius 1 is 1.30 bits per heavy atom. The molecule has 0 saturated heterocycles. The molecule has 1 N–H and O–H groups in total. The van der Waals surface area contributed by atoms with Crippen molar-refractivity contribution in [2.45, 2.75) is 46.0 Å². The Kier molecular flexibility index (Phi) is 7.69. The molecule has 1 aliphatic carbocycles. The number of benzene rings is 1. The molecule has 6 heteroatoms. The molecule has 1 aromatic carbocycles. The van der Waals surface area contributed by atoms with E-state index in [0.717, 1.165) is 49.0 Å². The first-order valence-corrected chi connectivity index (χ1v) is 11.3. The average molecular weight is 428 g/mol. The van der Waals surface area contributed by atoms with Crippen LogP contribution in [-0.4, -0.2) is 25.6 Å². The summed E-state index contributed by atoms with van der Waals surface area (Å²) in [7, 11) is 1.37. The summed E-state index contributed by atoms with van der Waals surface area (Å²) < 4.78 is 10.8. The highest BCUT2D eigenvalue weighted by molar-refractivity contribution is 7.17. The SMILES string of the molecule is CCCCOc1ccccc1/C=C/C(=O)Nc1sc2c(c1C(=O)OC)CCC(C)C2. The van der Waals surface area contributed by atoms with Gasteiger partial charge in [0.15, 0.2) is 0 Å². The second kappa shape index (κ2) is 10.4. The predicted octanol–water partition coefficient (Wildman–Crippen LogP) is 5.49. The standard InChI is InChI=1S/C24H29NO4S/c1-4-5-14-29-19-9-7-6-8-17(19)11-13-21(26)25-23-22(24(27)28-3)18-12-10-16(2)15-20(18)30-23/h6-9,11,13,16H,4-5,10,12,14-15H2,1-3H3,(H,25,26)/b13-11+. The van der Waals surface area contributed by atoms with Crippen LogP contribution in [0.4, 0.5) is 5.00 Å². The fourth-order valence-corrected chi connectivity index (χ4v) is 4.95. The lowest BCUT2D eigenvalue weighted by Crippen LogP contribution is -2.14. The molecular formula is C24H29NO4S. The maximum atomic E-state index is 12.6. The zero-order chi connectivity index (χ0) is 21.5. The number of thiophene rings is 1. The Morgan fingerprint density at radius 3 is 2.87 bits per heavy atom. The summed E-state index contributed by atoms with van der Waals surface area (Å²) in [6.07, 6.45) is 8.07. The zero-order valence-corrected chi connectivity index (χ0v) is 18.6. The molecule has 0 saturated carbocycles. The summed E-state index contributed by atoms with van der Waals surface area (Å²) >= 11 is 1.48. The van der Waals surface area contributed by atoms with E-state index in [0.29, 0.717) is 23.1 Å². The van der Waals surface area contributed by atoms with Crippen molar-refractivity contribution in [3.05, 3.63) is 51.9 Å². The van der Waals surface area contributed by atoms with E-state index in [9.17, 15) is 9.59 Å². The molecular weight excluding hydrogens is 398 g/mol. The second-order valence-electron chi connectivity index (χ2n) is 7.61. The summed E-state index contributed by atoms with van der Waals surface area (Å²) in [6.45, 7) is 4.97. The third-order valence-electron chi connectivity index (χ3n) is 5.23. The van der Waals surface area contributed by atoms with Gasteiger partial charge in [0.2, 0.25) is 5.91 Å². The molecule has 0 spiro atoms. The molecule has 0 fully saturated rings. The molecule has 1 atom stereocenters. The van der Waals surface area contributed by atoms with Gasteiger partial charge in [-0.25, -0.2) is 4.79 Å². The van der Waals surface area contributed by atoms with Gasteiger partial charge in [-0.05, 0) is 49.3 Å². The van der Waals surface area contributed by atoms with Crippen LogP contribution in [0.1, 0.15) is 59.5 Å². The van der Waals surface area contributed by atoms with E-state index >= 15 is 0 Å². The molecule has 0 aliphatic heterocycles. The van der Waals surface area contributed by atoms with Crippen LogP contribution in [0.25, 0.3) is 6.08 Å². The van der Waals surface area contributed by atoms with Crippen LogP contribution in [-0.2, 0) is 22.4 Å². The van der Waals surface area contributed by atoms with Gasteiger partial charge in [0.1, 0.15) is 10.8 Å². The number of esters is 1. The fraction of sp³-hybridized carbons (Fsp3) is 0.417. The Morgan fingerprint density at radius 2 is 2.10 bits per heavy atom. The van der Waals surface area contributed by atoms with E-state index in [1.165, 1.54) is 29.4 Å². The molecule has 1 aromatic heterocycles. The van der Waals surface area contributed by atoms with E-state index < -0.39 is 5.97 Å². The summed E-state index contributed by atoms with van der Waals surface area (Å²) in [6, 6.07) is 7.64. The van der Waals surface area contributed by atoms with E-state index in [1.54, 1.807) is 6.08 Å². The molecule has 1 heterocycles. The highest BCUT2D eigenvalue weighted by atomic mass is 32.1. The largest absolute Gasteiger partial charge is 0.493 e. The van der Waals surface area contributed by atoms with Crippen molar-refractivity contribution in [2.24, 2.45) is 5.92 Å². The molecule has 2 aromatic rings. The van der Waals surface area contributed by atoms with Gasteiger partial charge in [0.25, 0.3) is 0 Å². The average Bonchev–Trinajstić information content (AvgIpc) is 3.09. The first-order valence-electron chi connectivity index (χ1n) is 10.5. The van der Waals surface area contributed by atoms with Crippen LogP contribution < -0.4 is 10.1 Å². The quantitative estimate of drug-likeness (QED) is 0.344. The number of carbonyl (C=O) groups is 2. The van der Waals surface area contributed by atoms with Crippen LogP contribution in [0, 0.1) is 5.92 Å². The predicted molar refractivity (Wildman–Crippen MR) is 121 cm³/mol. The van der Waals surface area contributed by atoms with Crippen LogP contribution in [0.5, 0.6) is 5.75 Å². The molecule has 5 nitrogen and oxygen atoms in total. The van der Waals surface area contributed by atoms with Gasteiger partial charge < -0.3 is 14.8 Å². The highest BCUT2D eigenvalue weighted by Crippen LogP contribution is 2.40. The van der Waals surface area contributed by atoms with Gasteiger partial charge in [0, 0.05) is 16.5 Å². The summed E-state index contributed by atoms with van der Waals surface area (Å²) in [5, 5.41) is 3.46. The van der Waals surface area contributed by atoms with Crippen molar-refractivity contribution >= 4 is 34.3 Å². The van der Waals surface area contributed by atoms with Crippen LogP contribution in [0.2, 0.25) is 0 Å². The lowest BCUT2D eigenvalue weighted by Gasteiger charge is -2.18. The van der Waals surface area contributed by atoms with Crippen molar-refractivity contribution in [3.8, 4) is 5.75 Å². The number of rotatable bonds is 8. The van der Waals surface area contributed by atoms with Crippen LogP contribution in [0.3, 0.4) is 0 Å². The minimum absolute atomic E-state index is 0.282. The molecule has 3 rings (SSSR count). The van der Waals surface area contributed by atoms with Crippen molar-refractivity contribution in [1.29, 1.82) is 0 Å². The Hall–Kier alpha value is -2.60. The monoisotopic (exact) mass is 427 g/mol. The number of para-hydroxylation sites is 1. The number of anilines is 1. The number of fused-ring (bicyclic) bond motifs is 1. The van der Waals surface area contributed by atoms with Gasteiger partial charge in [-0.15, -0.1) is 11.3 Å². The number of hydrogen-bond donors (Lipinski definition) is 1. The van der Waals surface area contributed by atoms with E-state index in [4.69, 9.17) is 9.47 Å². The smallest absolute Gasteiger partial charge is 0.341 e. The Labute approximate surface area is 182 Å². The number of ether oxygens (including phenoxy) is 2. The number of hydrogen-bond acceptors (Lipinski definition) is 5. The molecule has 30 heavy (non-hydrogen) atoms. The molecule has 160 valence electrons. The lowest BCUT2D eigenvalue weighted by molar-refractivity contribution is -0.111. The van der Waals surface area contributed by atoms with E-state index in [1.807, 2.05) is 24.3 Å². The third-order valence-corrected chi connectivity index (χ3v) is 6.40. The number of nitrogens with one attached hydrogen (secondary N) is 1. The number of amides is 1. The number of carbonyl (C=O) groups excluding carboxylic acids is 2. The summed E-state index contributed by atoms with van der Waals surface area (Å²) in [4.78, 5) is 26.2. The minimum Gasteiger partial charge on any atom is -0.493 e. The Balaban J connectivity index is 1.76. The molecule has 0 radical (unpaired) electrons. The van der Waals surface area contributed by atoms with Gasteiger partial charge in [-0.2, -0.15) is 0 Å². The van der Waals surface area contributed by atoms with Crippen molar-refractivity contribution < 1.29 is 19.1 Å². The normalized spacial score (nSPS) is 15.6. The third kappa shape index (κ3) is 5.30. The van der Waals surface area contributed by atoms with Crippen molar-refractivity contribution in [2.75, 3.05) is 19.0 Å². The fourth-order valence-electron chi connectivity index (χ4n) is 3.55. The minimum atomic E-state index is -0.393. The maximum absolute atomic E-state index is 12.6. The van der Waals surface area contributed by atoms with E-state index in [-0.39, 0.29) is 5.91 Å². The first-order chi connectivity index (χ1) is 14.5. The van der Waals surface area contributed by atoms with E-state index in [2.05, 4.69) is 19.2 Å². The van der Waals surface area contributed by atoms with Gasteiger partial charge in [0.05, 0.1) is 19.3 Å². The first kappa shape index (κ1) is 22.1. The lowest BCUT2D eigenvalue weighted by atomic mass is 9.88. The topological polar surface area (TPSA) is 64.6 Å². The molecule has 1 amide bonds. The van der Waals surface area contributed by atoms with Gasteiger partial charge >= 0.3 is 5.97 Å². The maximum Gasteiger partial charge on any atom is 0.341 e. The van der Waals surface area contributed by atoms with Crippen LogP contribution in [0.15, 0.2) is 30.3 Å². The zero-order valence-electron chi connectivity index (χ0n) is 17.8. The number of methoxy groups -OCH3 is 1. The molecule has 1 unspecified atom stereocenters. The van der Waals surface area contributed by atoms with Gasteiger partial charge in [-0.3, -0.25) is 4.79 Å². The molecule has 0 bridgehead atoms. The van der Waals surface area contributed by atoms with Gasteiger partial charge in [-0.1, -0.05) is 38.5 Å². The second-order valence-corrected chi connectivity index (χ2v) is 8.72. The summed E-state index contributed by atoms with van der Waals surface area (Å²) in [5.41, 5.74) is 2.38. The van der Waals surface area contributed by atoms with Crippen molar-refractivity contribution in [1.82, 2.24) is 0 Å². The van der Waals surface area contributed by atoms with Crippen LogP contribution >= 0.6 is 11.3 Å².